The Morgan fingerprint density at radius 2 is 1.78 bits per heavy atom. The molecule has 1 fully saturated rings. The van der Waals surface area contributed by atoms with E-state index in [2.05, 4.69) is 30.9 Å². The number of nitrogens with zero attached hydrogens (tertiary/aromatic N) is 4. The molecule has 1 spiro atoms. The number of halogens is 1. The van der Waals surface area contributed by atoms with E-state index in [-0.39, 0.29) is 28.9 Å². The zero-order valence-electron chi connectivity index (χ0n) is 22.4. The van der Waals surface area contributed by atoms with Gasteiger partial charge < -0.3 is 31.7 Å². The highest BCUT2D eigenvalue weighted by molar-refractivity contribution is 14.1. The van der Waals surface area contributed by atoms with Crippen molar-refractivity contribution in [1.29, 1.82) is 0 Å². The van der Waals surface area contributed by atoms with Crippen LogP contribution in [0.2, 0.25) is 0 Å². The molecule has 0 atom stereocenters. The molecule has 3 heterocycles. The van der Waals surface area contributed by atoms with Gasteiger partial charge in [0.1, 0.15) is 16.1 Å². The van der Waals surface area contributed by atoms with Crippen LogP contribution in [0, 0.1) is 3.70 Å². The van der Waals surface area contributed by atoms with Crippen molar-refractivity contribution in [3.63, 3.8) is 0 Å². The van der Waals surface area contributed by atoms with E-state index in [1.807, 2.05) is 82.1 Å². The van der Waals surface area contributed by atoms with E-state index in [9.17, 15) is 9.59 Å². The Kier molecular flexibility index (Phi) is 8.71. The molecule has 0 aliphatic carbocycles. The minimum Gasteiger partial charge on any atom is -0.489 e. The van der Waals surface area contributed by atoms with Crippen LogP contribution in [-0.4, -0.2) is 64.5 Å². The molecule has 1 saturated heterocycles. The van der Waals surface area contributed by atoms with Gasteiger partial charge >= 0.3 is 6.03 Å². The fourth-order valence-corrected chi connectivity index (χ4v) is 5.15. The van der Waals surface area contributed by atoms with Gasteiger partial charge in [-0.1, -0.05) is 42.5 Å². The maximum absolute atomic E-state index is 12.8. The first kappa shape index (κ1) is 28.4. The number of benzene rings is 2. The van der Waals surface area contributed by atoms with Crippen LogP contribution in [0.25, 0.3) is 0 Å². The summed E-state index contributed by atoms with van der Waals surface area (Å²) in [7, 11) is 0. The molecule has 2 aliphatic rings. The largest absolute Gasteiger partial charge is 0.489 e. The fraction of sp³-hybridized carbons (Fsp3) is 0.321. The van der Waals surface area contributed by atoms with Gasteiger partial charge in [0.15, 0.2) is 23.3 Å². The van der Waals surface area contributed by atoms with Gasteiger partial charge in [0.2, 0.25) is 0 Å². The summed E-state index contributed by atoms with van der Waals surface area (Å²) in [5.74, 6) is 0.777. The molecule has 7 N–H and O–H groups in total. The quantitative estimate of drug-likeness (QED) is 0.239. The Hall–Kier alpha value is -4.14. The number of anilines is 2. The number of carbonyl (C=O) groups excluding carboxylic acids is 2. The molecular formula is C28H32IN9O3. The maximum Gasteiger partial charge on any atom is 0.317 e. The molecule has 12 nitrogen and oxygen atoms in total. The Balaban J connectivity index is 1.04. The lowest BCUT2D eigenvalue weighted by Crippen LogP contribution is -2.58. The average molecular weight is 670 g/mol. The molecule has 3 aromatic rings. The van der Waals surface area contributed by atoms with Crippen molar-refractivity contribution in [2.24, 2.45) is 4.99 Å². The predicted octanol–water partition coefficient (Wildman–Crippen LogP) is 2.30. The van der Waals surface area contributed by atoms with E-state index in [1.165, 1.54) is 0 Å². The Morgan fingerprint density at radius 1 is 1.02 bits per heavy atom. The smallest absolute Gasteiger partial charge is 0.317 e. The summed E-state index contributed by atoms with van der Waals surface area (Å²) in [5, 5.41) is 9.09. The molecule has 3 amide bonds. The maximum atomic E-state index is 12.8. The number of nitrogen functional groups attached to an aromatic ring is 2. The number of nitrogens with one attached hydrogen (secondary N) is 3. The van der Waals surface area contributed by atoms with Crippen molar-refractivity contribution in [1.82, 2.24) is 30.8 Å². The topological polar surface area (TPSA) is 173 Å². The fourth-order valence-electron chi connectivity index (χ4n) is 4.78. The van der Waals surface area contributed by atoms with Crippen LogP contribution in [0.15, 0.2) is 59.6 Å². The van der Waals surface area contributed by atoms with Crippen LogP contribution >= 0.6 is 22.6 Å². The van der Waals surface area contributed by atoms with Crippen molar-refractivity contribution in [3.05, 3.63) is 75.1 Å². The third-order valence-electron chi connectivity index (χ3n) is 7.12. The van der Waals surface area contributed by atoms with Crippen molar-refractivity contribution >= 4 is 52.1 Å². The van der Waals surface area contributed by atoms with Crippen molar-refractivity contribution in [2.45, 2.75) is 31.4 Å². The zero-order chi connectivity index (χ0) is 28.8. The van der Waals surface area contributed by atoms with E-state index < -0.39 is 5.91 Å². The molecule has 214 valence electrons. The number of aromatic nitrogens is 2. The van der Waals surface area contributed by atoms with Crippen LogP contribution in [-0.2, 0) is 13.0 Å². The van der Waals surface area contributed by atoms with Gasteiger partial charge in [0, 0.05) is 19.6 Å². The molecule has 0 unspecified atom stereocenters. The minimum atomic E-state index is -0.513. The number of nitrogens with two attached hydrogens (primary N) is 2. The standard InChI is InChI=1S/C28H32IN9O3/c29-22-24(31)35-23(30)21(34-22)25(39)36-26-33-17-28(37-26)10-13-38(14-11-28)27(40)32-12-9-18-7-4-8-20(15-18)41-16-19-5-2-1-3-6-19/h1-8,15H,9-14,16-17H2,(H,32,40)(H4,30,31,35)(H2,33,36,37,39). The van der Waals surface area contributed by atoms with E-state index in [1.54, 1.807) is 0 Å². The Bertz CT molecular complexity index is 1440. The minimum absolute atomic E-state index is 0.00743. The van der Waals surface area contributed by atoms with Gasteiger partial charge in [-0.15, -0.1) is 0 Å². The lowest BCUT2D eigenvalue weighted by molar-refractivity contribution is 0.0971. The number of ether oxygens (including phenoxy) is 1. The van der Waals surface area contributed by atoms with Gasteiger partial charge in [0.05, 0.1) is 12.1 Å². The van der Waals surface area contributed by atoms with Crippen LogP contribution in [0.4, 0.5) is 16.4 Å². The third kappa shape index (κ3) is 7.14. The molecule has 5 rings (SSSR count). The van der Waals surface area contributed by atoms with Gasteiger partial charge in [-0.2, -0.15) is 0 Å². The molecule has 41 heavy (non-hydrogen) atoms. The van der Waals surface area contributed by atoms with Crippen LogP contribution in [0.1, 0.15) is 34.5 Å². The van der Waals surface area contributed by atoms with Gasteiger partial charge in [0.25, 0.3) is 5.91 Å². The summed E-state index contributed by atoms with van der Waals surface area (Å²) < 4.78 is 6.31. The second kappa shape index (κ2) is 12.6. The Labute approximate surface area is 251 Å². The highest BCUT2D eigenvalue weighted by Gasteiger charge is 2.40. The number of carbonyl (C=O) groups is 2. The van der Waals surface area contributed by atoms with Crippen molar-refractivity contribution in [2.75, 3.05) is 37.6 Å². The van der Waals surface area contributed by atoms with Crippen molar-refractivity contribution in [3.8, 4) is 5.75 Å². The summed E-state index contributed by atoms with van der Waals surface area (Å²) in [6, 6.07) is 17.9. The molecule has 13 heteroatoms. The summed E-state index contributed by atoms with van der Waals surface area (Å²) in [4.78, 5) is 39.9. The van der Waals surface area contributed by atoms with Gasteiger partial charge in [-0.25, -0.2) is 14.8 Å². The van der Waals surface area contributed by atoms with E-state index in [4.69, 9.17) is 16.2 Å². The zero-order valence-corrected chi connectivity index (χ0v) is 24.6. The van der Waals surface area contributed by atoms with E-state index in [0.717, 1.165) is 16.9 Å². The number of guanidine groups is 1. The van der Waals surface area contributed by atoms with Gasteiger partial charge in [-0.3, -0.25) is 15.1 Å². The number of hydrogen-bond donors (Lipinski definition) is 5. The number of likely N-dealkylation sites (tertiary alicyclic amines) is 1. The number of piperidine rings is 1. The Morgan fingerprint density at radius 3 is 2.56 bits per heavy atom. The average Bonchev–Trinajstić information content (AvgIpc) is 3.36. The van der Waals surface area contributed by atoms with E-state index >= 15 is 0 Å². The molecule has 2 aliphatic heterocycles. The van der Waals surface area contributed by atoms with E-state index in [0.29, 0.717) is 61.7 Å². The SMILES string of the molecule is Nc1nc(N)c(C(=O)NC2=NCC3(CCN(C(=O)NCCc4cccc(OCc5ccccc5)c4)CC3)N2)nc1I. The molecular weight excluding hydrogens is 637 g/mol. The second-order valence-electron chi connectivity index (χ2n) is 10.0. The summed E-state index contributed by atoms with van der Waals surface area (Å²) in [6.45, 7) is 2.69. The second-order valence-corrected chi connectivity index (χ2v) is 11.1. The summed E-state index contributed by atoms with van der Waals surface area (Å²) in [6.07, 6.45) is 2.10. The number of aliphatic imine (C=N–C) groups is 1. The number of urea groups is 1. The lowest BCUT2D eigenvalue weighted by atomic mass is 9.88. The first-order valence-electron chi connectivity index (χ1n) is 13.3. The molecule has 0 bridgehead atoms. The number of hydrogen-bond acceptors (Lipinski definition) is 9. The lowest BCUT2D eigenvalue weighted by Gasteiger charge is -2.39. The van der Waals surface area contributed by atoms with Gasteiger partial charge in [-0.05, 0) is 65.1 Å². The van der Waals surface area contributed by atoms with Crippen molar-refractivity contribution < 1.29 is 14.3 Å². The van der Waals surface area contributed by atoms with Crippen LogP contribution in [0.3, 0.4) is 0 Å². The van der Waals surface area contributed by atoms with Crippen LogP contribution < -0.4 is 32.2 Å². The summed E-state index contributed by atoms with van der Waals surface area (Å²) >= 11 is 1.90. The first-order valence-corrected chi connectivity index (χ1v) is 14.4. The molecule has 0 saturated carbocycles. The molecule has 0 radical (unpaired) electrons. The highest BCUT2D eigenvalue weighted by atomic mass is 127. The number of amides is 3. The summed E-state index contributed by atoms with van der Waals surface area (Å²) in [5.41, 5.74) is 13.4. The molecule has 2 aromatic carbocycles. The normalized spacial score (nSPS) is 15.6. The predicted molar refractivity (Wildman–Crippen MR) is 164 cm³/mol. The third-order valence-corrected chi connectivity index (χ3v) is 7.91. The monoisotopic (exact) mass is 669 g/mol. The molecule has 1 aromatic heterocycles. The number of rotatable bonds is 7. The first-order chi connectivity index (χ1) is 19.8. The van der Waals surface area contributed by atoms with Crippen LogP contribution in [0.5, 0.6) is 5.75 Å². The highest BCUT2D eigenvalue weighted by Crippen LogP contribution is 2.26.